The number of esters is 2. The predicted molar refractivity (Wildman–Crippen MR) is 250 cm³/mol. The Labute approximate surface area is 380 Å². The van der Waals surface area contributed by atoms with Crippen molar-refractivity contribution in [2.45, 2.75) is 167 Å². The number of allylic oxidation sites excluding steroid dienone is 11. The van der Waals surface area contributed by atoms with Crippen LogP contribution in [0.15, 0.2) is 72.9 Å². The van der Waals surface area contributed by atoms with Gasteiger partial charge in [0.15, 0.2) is 6.10 Å². The number of rotatable bonds is 38. The number of unbranched alkanes of at least 4 members (excludes halogenated alkanes) is 9. The number of aliphatic hydroxyl groups excluding tert-OH is 2. The van der Waals surface area contributed by atoms with Crippen molar-refractivity contribution in [3.8, 4) is 0 Å². The fourth-order valence-electron chi connectivity index (χ4n) is 6.74. The van der Waals surface area contributed by atoms with Gasteiger partial charge in [-0.15, -0.1) is 0 Å². The van der Waals surface area contributed by atoms with Crippen molar-refractivity contribution in [1.29, 1.82) is 0 Å². The number of ether oxygens (including phenoxy) is 2. The maximum absolute atomic E-state index is 12.7. The summed E-state index contributed by atoms with van der Waals surface area (Å²) in [4.78, 5) is 50.3. The number of nitrogens with zero attached hydrogens (tertiary/aromatic N) is 1. The van der Waals surface area contributed by atoms with Gasteiger partial charge in [-0.05, 0) is 77.0 Å². The zero-order valence-corrected chi connectivity index (χ0v) is 40.4. The van der Waals surface area contributed by atoms with Crippen LogP contribution in [0.3, 0.4) is 0 Å². The fraction of sp³-hybridized carbons (Fsp3) is 0.700. The van der Waals surface area contributed by atoms with Gasteiger partial charge in [-0.25, -0.2) is 0 Å². The Morgan fingerprint density at radius 1 is 0.762 bits per heavy atom. The van der Waals surface area contributed by atoms with E-state index >= 15 is 0 Å². The summed E-state index contributed by atoms with van der Waals surface area (Å²) in [5, 5.41) is 20.8. The third kappa shape index (κ3) is 33.2. The van der Waals surface area contributed by atoms with Gasteiger partial charge < -0.3 is 38.1 Å². The first-order valence-corrected chi connectivity index (χ1v) is 25.2. The van der Waals surface area contributed by atoms with Crippen molar-refractivity contribution in [1.82, 2.24) is 0 Å². The van der Waals surface area contributed by atoms with Crippen molar-refractivity contribution in [3.63, 3.8) is 0 Å². The molecule has 0 saturated heterocycles. The van der Waals surface area contributed by atoms with Crippen LogP contribution in [0.25, 0.3) is 0 Å². The molecule has 12 nitrogen and oxygen atoms in total. The number of hydrogen-bond acceptors (Lipinski definition) is 11. The van der Waals surface area contributed by atoms with Crippen molar-refractivity contribution in [2.75, 3.05) is 47.5 Å². The van der Waals surface area contributed by atoms with E-state index in [1.165, 1.54) is 25.7 Å². The van der Waals surface area contributed by atoms with Crippen LogP contribution in [-0.4, -0.2) is 98.2 Å². The highest BCUT2D eigenvalue weighted by atomic mass is 31.2. The SMILES string of the molecule is CCCCC/C=C\C/C=C\C/C=C\C/C=C\CCCCCC(=O)O[C@H](COC(=O)CCC/C=C\C[C@H]1[C@@H](O)CC(=O)[C@@H]1/C=C/[C@@H](O)CCCCC)COP(=O)([O-])OCC[N+](C)(C)C. The number of carbonyl (C=O) groups is 3. The zero-order chi connectivity index (χ0) is 46.6. The number of aliphatic hydroxyl groups is 2. The number of carbonyl (C=O) groups excluding carboxylic acids is 3. The monoisotopic (exact) mass is 906 g/mol. The summed E-state index contributed by atoms with van der Waals surface area (Å²) in [5.41, 5.74) is 0. The minimum Gasteiger partial charge on any atom is -0.756 e. The van der Waals surface area contributed by atoms with E-state index < -0.39 is 50.6 Å². The lowest BCUT2D eigenvalue weighted by atomic mass is 9.90. The molecule has 2 N–H and O–H groups in total. The third-order valence-electron chi connectivity index (χ3n) is 10.6. The second-order valence-electron chi connectivity index (χ2n) is 17.5. The molecule has 0 aromatic heterocycles. The molecule has 0 radical (unpaired) electrons. The molecule has 360 valence electrons. The van der Waals surface area contributed by atoms with Gasteiger partial charge in [-0.1, -0.05) is 125 Å². The van der Waals surface area contributed by atoms with Crippen LogP contribution in [0, 0.1) is 11.8 Å². The lowest BCUT2D eigenvalue weighted by molar-refractivity contribution is -0.870. The molecule has 0 aromatic rings. The van der Waals surface area contributed by atoms with Gasteiger partial charge >= 0.3 is 11.9 Å². The molecule has 0 amide bonds. The maximum Gasteiger partial charge on any atom is 0.306 e. The normalized spacial score (nSPS) is 19.4. The number of quaternary nitrogens is 1. The highest BCUT2D eigenvalue weighted by Crippen LogP contribution is 2.38. The van der Waals surface area contributed by atoms with Gasteiger partial charge in [-0.2, -0.15) is 0 Å². The number of phosphoric ester groups is 1. The van der Waals surface area contributed by atoms with Crippen LogP contribution in [-0.2, 0) is 37.5 Å². The van der Waals surface area contributed by atoms with Crippen molar-refractivity contribution in [3.05, 3.63) is 72.9 Å². The summed E-state index contributed by atoms with van der Waals surface area (Å²) in [5.74, 6) is -1.83. The van der Waals surface area contributed by atoms with E-state index in [1.807, 2.05) is 33.3 Å². The Balaban J connectivity index is 2.50. The van der Waals surface area contributed by atoms with Crippen molar-refractivity contribution in [2.24, 2.45) is 11.8 Å². The van der Waals surface area contributed by atoms with E-state index in [2.05, 4.69) is 62.5 Å². The molecule has 63 heavy (non-hydrogen) atoms. The molecule has 1 aliphatic rings. The summed E-state index contributed by atoms with van der Waals surface area (Å²) < 4.78 is 33.8. The first kappa shape index (κ1) is 58.1. The van der Waals surface area contributed by atoms with Gasteiger partial charge in [0.05, 0.1) is 40.0 Å². The topological polar surface area (TPSA) is 169 Å². The van der Waals surface area contributed by atoms with Gasteiger partial charge in [0.1, 0.15) is 25.5 Å². The predicted octanol–water partition coefficient (Wildman–Crippen LogP) is 9.76. The average Bonchev–Trinajstić information content (AvgIpc) is 3.50. The average molecular weight is 906 g/mol. The third-order valence-corrected chi connectivity index (χ3v) is 11.5. The van der Waals surface area contributed by atoms with E-state index in [0.29, 0.717) is 43.1 Å². The summed E-state index contributed by atoms with van der Waals surface area (Å²) >= 11 is 0. The van der Waals surface area contributed by atoms with E-state index in [4.69, 9.17) is 18.5 Å². The maximum atomic E-state index is 12.7. The lowest BCUT2D eigenvalue weighted by Crippen LogP contribution is -2.37. The Morgan fingerprint density at radius 3 is 1.97 bits per heavy atom. The molecular formula is C50H84NO11P. The van der Waals surface area contributed by atoms with E-state index in [1.54, 1.807) is 12.2 Å². The zero-order valence-electron chi connectivity index (χ0n) is 39.5. The van der Waals surface area contributed by atoms with E-state index in [9.17, 15) is 34.1 Å². The summed E-state index contributed by atoms with van der Waals surface area (Å²) in [6, 6.07) is 0. The highest BCUT2D eigenvalue weighted by Gasteiger charge is 2.39. The van der Waals surface area contributed by atoms with Crippen molar-refractivity contribution < 1.29 is 57.1 Å². The summed E-state index contributed by atoms with van der Waals surface area (Å²) in [6.07, 6.45) is 38.7. The summed E-state index contributed by atoms with van der Waals surface area (Å²) in [7, 11) is 0.986. The van der Waals surface area contributed by atoms with Gasteiger partial charge in [0.25, 0.3) is 7.82 Å². The number of likely N-dealkylation sites (N-methyl/N-ethyl adjacent to an activating group) is 1. The van der Waals surface area contributed by atoms with E-state index in [-0.39, 0.29) is 44.2 Å². The second kappa shape index (κ2) is 36.3. The molecular weight excluding hydrogens is 822 g/mol. The molecule has 1 saturated carbocycles. The highest BCUT2D eigenvalue weighted by molar-refractivity contribution is 7.45. The van der Waals surface area contributed by atoms with Gasteiger partial charge in [0.2, 0.25) is 0 Å². The fourth-order valence-corrected chi connectivity index (χ4v) is 7.46. The van der Waals surface area contributed by atoms with Crippen LogP contribution in [0.4, 0.5) is 0 Å². The summed E-state index contributed by atoms with van der Waals surface area (Å²) in [6.45, 7) is 3.73. The molecule has 6 atom stereocenters. The van der Waals surface area contributed by atoms with Crippen molar-refractivity contribution >= 4 is 25.5 Å². The van der Waals surface area contributed by atoms with Crippen LogP contribution >= 0.6 is 7.82 Å². The molecule has 1 rings (SSSR count). The van der Waals surface area contributed by atoms with Gasteiger partial charge in [0, 0.05) is 31.1 Å². The van der Waals surface area contributed by atoms with Crippen LogP contribution in [0.1, 0.15) is 149 Å². The Bertz CT molecular complexity index is 1460. The number of Topliss-reactive ketones (excluding diaryl/α,β-unsaturated/α-hetero) is 1. The van der Waals surface area contributed by atoms with Crippen LogP contribution in [0.5, 0.6) is 0 Å². The van der Waals surface area contributed by atoms with Gasteiger partial charge in [-0.3, -0.25) is 18.9 Å². The molecule has 13 heteroatoms. The Kier molecular flexibility index (Phi) is 33.4. The number of ketones is 1. The number of hydrogen-bond donors (Lipinski definition) is 2. The Hall–Kier alpha value is -2.96. The lowest BCUT2D eigenvalue weighted by Gasteiger charge is -2.28. The van der Waals surface area contributed by atoms with Crippen LogP contribution < -0.4 is 4.89 Å². The Morgan fingerprint density at radius 2 is 1.33 bits per heavy atom. The molecule has 0 aliphatic heterocycles. The standard InChI is InChI=1S/C50H84NO11P/c1-6-8-10-11-12-13-14-15-16-17-18-19-20-21-22-23-24-25-31-35-50(56)62-44(42-61-63(57,58)60-39-38-51(3,4)5)41-59-49(55)34-30-27-26-29-33-45-46(48(54)40-47(45)53)37-36-43(52)32-28-9-7-2/h12-13,15-16,18-19,21-22,26,29,36-37,43-47,52-53H,6-11,14,17,20,23-25,27-28,30-35,38-42H2,1-5H3/b13-12-,16-15-,19-18-,22-21-,29-26-,37-36+/t43-,44+,45+,46+,47-/m0/s1. The molecule has 1 unspecified atom stereocenters. The number of phosphoric acid groups is 1. The molecule has 1 aliphatic carbocycles. The molecule has 0 bridgehead atoms. The quantitative estimate of drug-likeness (QED) is 0.0199. The first-order chi connectivity index (χ1) is 30.2. The smallest absolute Gasteiger partial charge is 0.306 e. The molecule has 0 heterocycles. The molecule has 0 spiro atoms. The minimum atomic E-state index is -4.71. The molecule has 1 fully saturated rings. The van der Waals surface area contributed by atoms with E-state index in [0.717, 1.165) is 57.8 Å². The molecule has 0 aromatic carbocycles. The van der Waals surface area contributed by atoms with Crippen LogP contribution in [0.2, 0.25) is 0 Å². The minimum absolute atomic E-state index is 0.0329. The largest absolute Gasteiger partial charge is 0.756 e. The first-order valence-electron chi connectivity index (χ1n) is 23.7. The second-order valence-corrected chi connectivity index (χ2v) is 19.0.